The number of likely N-dealkylation sites (tertiary alicyclic amines) is 1. The number of amides is 1. The Kier molecular flexibility index (Phi) is 4.23. The van der Waals surface area contributed by atoms with Crippen LogP contribution in [0.25, 0.3) is 0 Å². The number of benzene rings is 1. The van der Waals surface area contributed by atoms with Gasteiger partial charge in [-0.2, -0.15) is 0 Å². The van der Waals surface area contributed by atoms with Gasteiger partial charge < -0.3 is 10.2 Å². The molecule has 2 fully saturated rings. The van der Waals surface area contributed by atoms with E-state index in [1.165, 1.54) is 12.3 Å². The summed E-state index contributed by atoms with van der Waals surface area (Å²) in [5, 5.41) is 3.41. The maximum absolute atomic E-state index is 13.0. The van der Waals surface area contributed by atoms with Crippen molar-refractivity contribution in [2.24, 2.45) is 5.41 Å². The Bertz CT molecular complexity index is 721. The Morgan fingerprint density at radius 3 is 2.74 bits per heavy atom. The van der Waals surface area contributed by atoms with Crippen LogP contribution in [0.5, 0.6) is 0 Å². The first-order valence-corrected chi connectivity index (χ1v) is 10.0. The lowest BCUT2D eigenvalue weighted by Gasteiger charge is -2.40. The van der Waals surface area contributed by atoms with Crippen molar-refractivity contribution in [1.82, 2.24) is 10.2 Å². The molecule has 0 radical (unpaired) electrons. The Labute approximate surface area is 138 Å². The number of nitrogens with one attached hydrogen (secondary N) is 1. The molecular formula is C17H24N2O3S. The zero-order valence-corrected chi connectivity index (χ0v) is 14.6. The van der Waals surface area contributed by atoms with Gasteiger partial charge in [0.05, 0.1) is 4.90 Å². The number of aryl methyl sites for hydroxylation is 1. The summed E-state index contributed by atoms with van der Waals surface area (Å²) in [6.45, 7) is 5.37. The van der Waals surface area contributed by atoms with Crippen LogP contribution in [0, 0.1) is 12.3 Å². The van der Waals surface area contributed by atoms with Crippen LogP contribution in [0.1, 0.15) is 35.2 Å². The summed E-state index contributed by atoms with van der Waals surface area (Å²) < 4.78 is 23.5. The second-order valence-electron chi connectivity index (χ2n) is 7.01. The second-order valence-corrected chi connectivity index (χ2v) is 9.02. The minimum absolute atomic E-state index is 0.0426. The first-order valence-electron chi connectivity index (χ1n) is 8.12. The van der Waals surface area contributed by atoms with Crippen LogP contribution < -0.4 is 5.32 Å². The fourth-order valence-electron chi connectivity index (χ4n) is 3.76. The Balaban J connectivity index is 1.88. The van der Waals surface area contributed by atoms with Crippen molar-refractivity contribution in [3.63, 3.8) is 0 Å². The summed E-state index contributed by atoms with van der Waals surface area (Å²) in [4.78, 5) is 15.1. The van der Waals surface area contributed by atoms with Crippen LogP contribution in [0.3, 0.4) is 0 Å². The number of carbonyl (C=O) groups is 1. The van der Waals surface area contributed by atoms with Gasteiger partial charge in [0.1, 0.15) is 0 Å². The first-order chi connectivity index (χ1) is 10.8. The van der Waals surface area contributed by atoms with Crippen molar-refractivity contribution < 1.29 is 13.2 Å². The van der Waals surface area contributed by atoms with Gasteiger partial charge in [0.15, 0.2) is 9.84 Å². The molecule has 1 N–H and O–H groups in total. The highest BCUT2D eigenvalue weighted by atomic mass is 32.2. The molecule has 23 heavy (non-hydrogen) atoms. The first kappa shape index (κ1) is 16.5. The van der Waals surface area contributed by atoms with Gasteiger partial charge >= 0.3 is 0 Å². The molecule has 1 aromatic rings. The maximum atomic E-state index is 13.0. The molecule has 0 saturated carbocycles. The third-order valence-electron chi connectivity index (χ3n) is 5.15. The predicted molar refractivity (Wildman–Crippen MR) is 89.3 cm³/mol. The Morgan fingerprint density at radius 2 is 2.09 bits per heavy atom. The zero-order valence-electron chi connectivity index (χ0n) is 13.8. The highest BCUT2D eigenvalue weighted by Crippen LogP contribution is 2.36. The summed E-state index contributed by atoms with van der Waals surface area (Å²) in [5.74, 6) is -0.0426. The molecule has 1 unspecified atom stereocenters. The van der Waals surface area contributed by atoms with Gasteiger partial charge in [-0.15, -0.1) is 0 Å². The van der Waals surface area contributed by atoms with E-state index in [0.717, 1.165) is 51.0 Å². The predicted octanol–water partition coefficient (Wildman–Crippen LogP) is 1.61. The summed E-state index contributed by atoms with van der Waals surface area (Å²) in [5.41, 5.74) is 1.54. The zero-order chi connectivity index (χ0) is 16.7. The van der Waals surface area contributed by atoms with Crippen molar-refractivity contribution in [3.05, 3.63) is 29.3 Å². The minimum Gasteiger partial charge on any atom is -0.338 e. The molecule has 0 aromatic heterocycles. The van der Waals surface area contributed by atoms with Crippen molar-refractivity contribution in [2.75, 3.05) is 32.4 Å². The molecule has 0 aliphatic carbocycles. The maximum Gasteiger partial charge on any atom is 0.254 e. The molecule has 0 bridgehead atoms. The molecule has 2 saturated heterocycles. The second kappa shape index (κ2) is 5.91. The van der Waals surface area contributed by atoms with Gasteiger partial charge in [-0.25, -0.2) is 8.42 Å². The smallest absolute Gasteiger partial charge is 0.254 e. The van der Waals surface area contributed by atoms with E-state index in [-0.39, 0.29) is 16.2 Å². The standard InChI is InChI=1S/C17H24N2O3S/c1-13-4-5-14(23(2,21)22)10-15(13)16(20)19-9-3-6-17(12-19)7-8-18-11-17/h4-5,10,18H,3,6-9,11-12H2,1-2H3. The number of hydrogen-bond acceptors (Lipinski definition) is 4. The third kappa shape index (κ3) is 3.28. The van der Waals surface area contributed by atoms with Crippen molar-refractivity contribution >= 4 is 15.7 Å². The lowest BCUT2D eigenvalue weighted by molar-refractivity contribution is 0.0552. The van der Waals surface area contributed by atoms with E-state index in [0.29, 0.717) is 5.56 Å². The molecule has 2 aliphatic heterocycles. The van der Waals surface area contributed by atoms with Crippen LogP contribution in [0.15, 0.2) is 23.1 Å². The quantitative estimate of drug-likeness (QED) is 0.891. The van der Waals surface area contributed by atoms with E-state index in [9.17, 15) is 13.2 Å². The SMILES string of the molecule is Cc1ccc(S(C)(=O)=O)cc1C(=O)N1CCCC2(CCNC2)C1. The van der Waals surface area contributed by atoms with Gasteiger partial charge in [-0.05, 0) is 50.4 Å². The van der Waals surface area contributed by atoms with E-state index in [2.05, 4.69) is 5.32 Å². The van der Waals surface area contributed by atoms with Crippen LogP contribution in [-0.4, -0.2) is 51.7 Å². The largest absolute Gasteiger partial charge is 0.338 e. The topological polar surface area (TPSA) is 66.5 Å². The minimum atomic E-state index is -3.31. The van der Waals surface area contributed by atoms with Gasteiger partial charge in [0.25, 0.3) is 5.91 Å². The summed E-state index contributed by atoms with van der Waals surface area (Å²) >= 11 is 0. The number of nitrogens with zero attached hydrogens (tertiary/aromatic N) is 1. The highest BCUT2D eigenvalue weighted by molar-refractivity contribution is 7.90. The molecule has 2 aliphatic rings. The van der Waals surface area contributed by atoms with E-state index < -0.39 is 9.84 Å². The average molecular weight is 336 g/mol. The molecule has 1 aromatic carbocycles. The summed E-state index contributed by atoms with van der Waals surface area (Å²) in [7, 11) is -3.31. The monoisotopic (exact) mass is 336 g/mol. The molecule has 126 valence electrons. The average Bonchev–Trinajstić information content (AvgIpc) is 2.93. The van der Waals surface area contributed by atoms with Gasteiger partial charge in [-0.3, -0.25) is 4.79 Å². The van der Waals surface area contributed by atoms with Gasteiger partial charge in [-0.1, -0.05) is 6.07 Å². The molecule has 1 atom stereocenters. The van der Waals surface area contributed by atoms with Gasteiger partial charge in [0, 0.05) is 36.9 Å². The fourth-order valence-corrected chi connectivity index (χ4v) is 4.40. The van der Waals surface area contributed by atoms with Gasteiger partial charge in [0.2, 0.25) is 0 Å². The molecule has 1 amide bonds. The molecular weight excluding hydrogens is 312 g/mol. The molecule has 1 spiro atoms. The van der Waals surface area contributed by atoms with Crippen molar-refractivity contribution in [2.45, 2.75) is 31.1 Å². The lowest BCUT2D eigenvalue weighted by Crippen LogP contribution is -2.47. The van der Waals surface area contributed by atoms with E-state index in [1.807, 2.05) is 11.8 Å². The van der Waals surface area contributed by atoms with E-state index in [1.54, 1.807) is 12.1 Å². The summed E-state index contributed by atoms with van der Waals surface area (Å²) in [6.07, 6.45) is 4.45. The van der Waals surface area contributed by atoms with Crippen LogP contribution in [0.2, 0.25) is 0 Å². The molecule has 6 heteroatoms. The lowest BCUT2D eigenvalue weighted by atomic mass is 9.79. The van der Waals surface area contributed by atoms with Crippen LogP contribution >= 0.6 is 0 Å². The molecule has 2 heterocycles. The van der Waals surface area contributed by atoms with Crippen LogP contribution in [0.4, 0.5) is 0 Å². The third-order valence-corrected chi connectivity index (χ3v) is 6.26. The Morgan fingerprint density at radius 1 is 1.30 bits per heavy atom. The number of rotatable bonds is 2. The normalized spacial score (nSPS) is 25.0. The fraction of sp³-hybridized carbons (Fsp3) is 0.588. The Hall–Kier alpha value is -1.40. The summed E-state index contributed by atoms with van der Waals surface area (Å²) in [6, 6.07) is 4.82. The van der Waals surface area contributed by atoms with Crippen molar-refractivity contribution in [3.8, 4) is 0 Å². The highest BCUT2D eigenvalue weighted by Gasteiger charge is 2.39. The molecule has 5 nitrogen and oxygen atoms in total. The molecule has 3 rings (SSSR count). The van der Waals surface area contributed by atoms with E-state index >= 15 is 0 Å². The number of sulfone groups is 1. The van der Waals surface area contributed by atoms with Crippen LogP contribution in [-0.2, 0) is 9.84 Å². The number of hydrogen-bond donors (Lipinski definition) is 1. The van der Waals surface area contributed by atoms with E-state index in [4.69, 9.17) is 0 Å². The number of carbonyl (C=O) groups excluding carboxylic acids is 1. The van der Waals surface area contributed by atoms with Crippen molar-refractivity contribution in [1.29, 1.82) is 0 Å². The number of piperidine rings is 1.